The van der Waals surface area contributed by atoms with E-state index < -0.39 is 0 Å². The van der Waals surface area contributed by atoms with Crippen LogP contribution in [0.1, 0.15) is 20.8 Å². The van der Waals surface area contributed by atoms with Gasteiger partial charge in [-0.1, -0.05) is 99.6 Å². The molecule has 0 fully saturated rings. The first-order valence-electron chi connectivity index (χ1n) is 16.0. The molecule has 232 valence electrons. The average molecular weight is 615 g/mol. The number of aromatic nitrogens is 1. The van der Waals surface area contributed by atoms with Crippen LogP contribution in [0.3, 0.4) is 0 Å². The van der Waals surface area contributed by atoms with Crippen molar-refractivity contribution in [2.75, 3.05) is 21.4 Å². The molecule has 5 aromatic carbocycles. The summed E-state index contributed by atoms with van der Waals surface area (Å²) in [6.07, 6.45) is 4.10. The van der Waals surface area contributed by atoms with E-state index in [1.165, 1.54) is 16.8 Å². The number of nitrogens with zero attached hydrogens (tertiary/aromatic N) is 4. The Bertz CT molecular complexity index is 1930. The minimum Gasteiger partial charge on any atom is -0.457 e. The second-order valence-corrected chi connectivity index (χ2v) is 12.7. The number of hydrogen-bond donors (Lipinski definition) is 0. The summed E-state index contributed by atoms with van der Waals surface area (Å²) in [4.78, 5) is 11.5. The summed E-state index contributed by atoms with van der Waals surface area (Å²) in [5, 5.41) is 0. The lowest BCUT2D eigenvalue weighted by Crippen LogP contribution is -2.30. The van der Waals surface area contributed by atoms with Crippen molar-refractivity contribution in [1.29, 1.82) is 0 Å². The number of ether oxygens (including phenoxy) is 1. The Balaban J connectivity index is 1.14. The largest absolute Gasteiger partial charge is 0.457 e. The highest BCUT2D eigenvalue weighted by molar-refractivity contribution is 5.75. The van der Waals surface area contributed by atoms with Crippen LogP contribution in [-0.4, -0.2) is 11.7 Å². The van der Waals surface area contributed by atoms with E-state index in [-0.39, 0.29) is 5.41 Å². The third-order valence-corrected chi connectivity index (χ3v) is 8.27. The molecule has 5 heteroatoms. The number of hydrogen-bond acceptors (Lipinski definition) is 5. The molecule has 1 aliphatic rings. The summed E-state index contributed by atoms with van der Waals surface area (Å²) in [6, 6.07) is 52.1. The van der Waals surface area contributed by atoms with Gasteiger partial charge in [-0.15, -0.1) is 0 Å². The van der Waals surface area contributed by atoms with Gasteiger partial charge in [0.25, 0.3) is 0 Å². The Morgan fingerprint density at radius 3 is 1.94 bits per heavy atom. The van der Waals surface area contributed by atoms with Crippen molar-refractivity contribution in [3.05, 3.63) is 170 Å². The topological polar surface area (TPSA) is 31.8 Å². The smallest absolute Gasteiger partial charge is 0.137 e. The minimum absolute atomic E-state index is 0.0592. The molecule has 0 saturated heterocycles. The normalized spacial score (nSPS) is 13.0. The van der Waals surface area contributed by atoms with Crippen LogP contribution in [0.2, 0.25) is 0 Å². The van der Waals surface area contributed by atoms with Gasteiger partial charge in [-0.2, -0.15) is 0 Å². The van der Waals surface area contributed by atoms with E-state index in [0.717, 1.165) is 40.1 Å². The maximum Gasteiger partial charge on any atom is 0.137 e. The lowest BCUT2D eigenvalue weighted by molar-refractivity contribution is 0.480. The molecule has 0 bridgehead atoms. The fourth-order valence-electron chi connectivity index (χ4n) is 5.95. The molecule has 0 atom stereocenters. The van der Waals surface area contributed by atoms with Crippen molar-refractivity contribution < 1.29 is 4.74 Å². The van der Waals surface area contributed by atoms with Crippen LogP contribution < -0.4 is 19.4 Å². The fourth-order valence-corrected chi connectivity index (χ4v) is 5.95. The van der Waals surface area contributed by atoms with E-state index in [1.807, 2.05) is 60.8 Å². The van der Waals surface area contributed by atoms with Crippen molar-refractivity contribution in [2.24, 2.45) is 5.41 Å². The quantitative estimate of drug-likeness (QED) is 0.170. The van der Waals surface area contributed by atoms with E-state index in [9.17, 15) is 0 Å². The summed E-state index contributed by atoms with van der Waals surface area (Å²) < 4.78 is 6.52. The van der Waals surface area contributed by atoms with Gasteiger partial charge in [-0.25, -0.2) is 4.98 Å². The molecule has 0 unspecified atom stereocenters. The van der Waals surface area contributed by atoms with E-state index >= 15 is 0 Å². The minimum atomic E-state index is -0.0592. The molecule has 6 aromatic rings. The Morgan fingerprint density at radius 2 is 1.23 bits per heavy atom. The fraction of sp³-hybridized carbons (Fsp3) is 0.119. The Hall–Kier alpha value is -5.81. The lowest BCUT2D eigenvalue weighted by Gasteiger charge is -2.31. The van der Waals surface area contributed by atoms with Crippen LogP contribution in [0.25, 0.3) is 11.1 Å². The number of allylic oxidation sites excluding steroid dienone is 1. The summed E-state index contributed by atoms with van der Waals surface area (Å²) in [5.74, 6) is 2.37. The molecule has 47 heavy (non-hydrogen) atoms. The Labute approximate surface area is 277 Å². The first kappa shape index (κ1) is 29.9. The number of anilines is 5. The van der Waals surface area contributed by atoms with E-state index in [0.29, 0.717) is 6.67 Å². The van der Waals surface area contributed by atoms with Crippen molar-refractivity contribution >= 4 is 28.6 Å². The maximum atomic E-state index is 6.52. The molecule has 0 radical (unpaired) electrons. The maximum absolute atomic E-state index is 6.52. The van der Waals surface area contributed by atoms with Gasteiger partial charge < -0.3 is 14.5 Å². The van der Waals surface area contributed by atoms with Crippen LogP contribution in [0, 0.1) is 5.41 Å². The number of benzene rings is 5. The van der Waals surface area contributed by atoms with Gasteiger partial charge in [-0.3, -0.25) is 4.90 Å². The molecule has 0 spiro atoms. The second kappa shape index (κ2) is 12.9. The number of rotatable bonds is 8. The van der Waals surface area contributed by atoms with Crippen molar-refractivity contribution in [1.82, 2.24) is 4.98 Å². The molecule has 1 aromatic heterocycles. The van der Waals surface area contributed by atoms with Crippen molar-refractivity contribution in [2.45, 2.75) is 20.8 Å². The first-order valence-corrected chi connectivity index (χ1v) is 16.0. The van der Waals surface area contributed by atoms with Crippen LogP contribution in [0.5, 0.6) is 11.5 Å². The molecule has 5 nitrogen and oxygen atoms in total. The van der Waals surface area contributed by atoms with E-state index in [1.54, 1.807) is 0 Å². The van der Waals surface area contributed by atoms with Crippen LogP contribution in [0.4, 0.5) is 28.6 Å². The molecule has 1 aliphatic heterocycles. The van der Waals surface area contributed by atoms with Crippen LogP contribution >= 0.6 is 0 Å². The summed E-state index contributed by atoms with van der Waals surface area (Å²) in [6.45, 7) is 7.51. The van der Waals surface area contributed by atoms with Gasteiger partial charge in [0, 0.05) is 52.7 Å². The predicted octanol–water partition coefficient (Wildman–Crippen LogP) is 11.2. The monoisotopic (exact) mass is 614 g/mol. The molecule has 2 heterocycles. The SMILES string of the molecule is CC(C)(C)C1=CN(c2ccc(-c3ccccc3)cc2)CN1c1cccc(Oc2cccc(N(c3ccccc3)c3ccccn3)c2)c1. The summed E-state index contributed by atoms with van der Waals surface area (Å²) in [5.41, 5.74) is 7.87. The lowest BCUT2D eigenvalue weighted by atomic mass is 9.91. The third kappa shape index (κ3) is 6.61. The van der Waals surface area contributed by atoms with E-state index in [2.05, 4.69) is 144 Å². The highest BCUT2D eigenvalue weighted by Crippen LogP contribution is 2.40. The standard InChI is InChI=1S/C42H38N4O/c1-42(2,3)40-30-44(34-25-23-33(24-26-34)32-14-6-4-7-15-32)31-45(40)36-18-12-20-38(28-36)47-39-21-13-19-37(29-39)46(35-16-8-5-9-17-35)41-22-10-11-27-43-41/h4-30H,31H2,1-3H3. The van der Waals surface area contributed by atoms with Crippen molar-refractivity contribution in [3.8, 4) is 22.6 Å². The van der Waals surface area contributed by atoms with Gasteiger partial charge in [0.15, 0.2) is 0 Å². The molecule has 0 aliphatic carbocycles. The Kier molecular flexibility index (Phi) is 8.20. The first-order chi connectivity index (χ1) is 22.9. The summed E-state index contributed by atoms with van der Waals surface area (Å²) >= 11 is 0. The van der Waals surface area contributed by atoms with Gasteiger partial charge in [0.2, 0.25) is 0 Å². The average Bonchev–Trinajstić information content (AvgIpc) is 3.57. The van der Waals surface area contributed by atoms with Crippen molar-refractivity contribution in [3.63, 3.8) is 0 Å². The molecule has 7 rings (SSSR count). The number of pyridine rings is 1. The zero-order valence-electron chi connectivity index (χ0n) is 27.0. The summed E-state index contributed by atoms with van der Waals surface area (Å²) in [7, 11) is 0. The molecular formula is C42H38N4O. The van der Waals surface area contributed by atoms with Crippen LogP contribution in [-0.2, 0) is 0 Å². The molecule has 0 amide bonds. The van der Waals surface area contributed by atoms with Gasteiger partial charge in [-0.05, 0) is 71.8 Å². The number of para-hydroxylation sites is 1. The zero-order chi connectivity index (χ0) is 32.2. The van der Waals surface area contributed by atoms with Gasteiger partial charge in [0.1, 0.15) is 17.3 Å². The van der Waals surface area contributed by atoms with Gasteiger partial charge >= 0.3 is 0 Å². The Morgan fingerprint density at radius 1 is 0.596 bits per heavy atom. The second-order valence-electron chi connectivity index (χ2n) is 12.7. The molecular weight excluding hydrogens is 576 g/mol. The van der Waals surface area contributed by atoms with Gasteiger partial charge in [0.05, 0.1) is 12.4 Å². The highest BCUT2D eigenvalue weighted by atomic mass is 16.5. The zero-order valence-corrected chi connectivity index (χ0v) is 27.0. The molecule has 0 N–H and O–H groups in total. The highest BCUT2D eigenvalue weighted by Gasteiger charge is 2.31. The van der Waals surface area contributed by atoms with Crippen LogP contribution in [0.15, 0.2) is 170 Å². The van der Waals surface area contributed by atoms with E-state index in [4.69, 9.17) is 4.74 Å². The molecule has 0 saturated carbocycles. The predicted molar refractivity (Wildman–Crippen MR) is 195 cm³/mol. The third-order valence-electron chi connectivity index (χ3n) is 8.27.